The van der Waals surface area contributed by atoms with Crippen LogP contribution in [0, 0.1) is 11.3 Å². The second-order valence-electron chi connectivity index (χ2n) is 2.12. The van der Waals surface area contributed by atoms with Crippen molar-refractivity contribution >= 4 is 0 Å². The molecule has 0 unspecified atom stereocenters. The molecule has 2 nitrogen and oxygen atoms in total. The highest BCUT2D eigenvalue weighted by molar-refractivity contribution is 5.29. The zero-order valence-electron chi connectivity index (χ0n) is 7.05. The van der Waals surface area contributed by atoms with Crippen LogP contribution in [0.15, 0.2) is 24.0 Å². The molecule has 0 N–H and O–H groups in total. The molecule has 0 bridgehead atoms. The molecule has 60 valence electrons. The summed E-state index contributed by atoms with van der Waals surface area (Å²) in [5.74, 6) is 0.377. The van der Waals surface area contributed by atoms with E-state index in [1.54, 1.807) is 6.08 Å². The summed E-state index contributed by atoms with van der Waals surface area (Å²) in [6.45, 7) is 5.66. The standard InChI is InChI=1S/C9H13NO/c1-4-6-8(5-2)9(7-10)11-3/h5H,2,4,6H2,1,3H3/b9-8-. The Morgan fingerprint density at radius 3 is 2.64 bits per heavy atom. The van der Waals surface area contributed by atoms with E-state index in [1.807, 2.05) is 13.0 Å². The third-order valence-corrected chi connectivity index (χ3v) is 1.36. The van der Waals surface area contributed by atoms with Crippen molar-refractivity contribution in [1.82, 2.24) is 0 Å². The minimum atomic E-state index is 0.377. The number of ether oxygens (including phenoxy) is 1. The summed E-state index contributed by atoms with van der Waals surface area (Å²) in [5.41, 5.74) is 0.887. The molecule has 0 radical (unpaired) electrons. The van der Waals surface area contributed by atoms with Gasteiger partial charge in [0, 0.05) is 5.57 Å². The average molecular weight is 151 g/mol. The zero-order chi connectivity index (χ0) is 8.69. The summed E-state index contributed by atoms with van der Waals surface area (Å²) in [6.07, 6.45) is 3.52. The summed E-state index contributed by atoms with van der Waals surface area (Å²) < 4.78 is 4.85. The van der Waals surface area contributed by atoms with Crippen LogP contribution in [0.25, 0.3) is 0 Å². The Labute approximate surface area is 67.8 Å². The van der Waals surface area contributed by atoms with E-state index in [1.165, 1.54) is 7.11 Å². The van der Waals surface area contributed by atoms with Gasteiger partial charge in [0.05, 0.1) is 7.11 Å². The zero-order valence-corrected chi connectivity index (χ0v) is 7.05. The Kier molecular flexibility index (Phi) is 4.93. The van der Waals surface area contributed by atoms with E-state index in [9.17, 15) is 0 Å². The molecule has 0 rings (SSSR count). The molecule has 0 fully saturated rings. The van der Waals surface area contributed by atoms with Gasteiger partial charge in [-0.25, -0.2) is 0 Å². The number of allylic oxidation sites excluding steroid dienone is 3. The smallest absolute Gasteiger partial charge is 0.199 e. The topological polar surface area (TPSA) is 33.0 Å². The normalized spacial score (nSPS) is 11.4. The Hall–Kier alpha value is -1.23. The van der Waals surface area contributed by atoms with Crippen molar-refractivity contribution in [2.24, 2.45) is 0 Å². The number of methoxy groups -OCH3 is 1. The first-order valence-electron chi connectivity index (χ1n) is 3.59. The molecular weight excluding hydrogens is 138 g/mol. The number of nitrogens with zero attached hydrogens (tertiary/aromatic N) is 1. The quantitative estimate of drug-likeness (QED) is 0.351. The summed E-state index contributed by atoms with van der Waals surface area (Å²) in [5, 5.41) is 8.57. The van der Waals surface area contributed by atoms with Crippen LogP contribution in [0.2, 0.25) is 0 Å². The molecule has 0 aliphatic rings. The second-order valence-corrected chi connectivity index (χ2v) is 2.12. The van der Waals surface area contributed by atoms with Crippen molar-refractivity contribution < 1.29 is 4.74 Å². The van der Waals surface area contributed by atoms with Gasteiger partial charge in [-0.1, -0.05) is 26.0 Å². The summed E-state index contributed by atoms with van der Waals surface area (Å²) in [6, 6.07) is 1.97. The molecule has 0 aliphatic carbocycles. The monoisotopic (exact) mass is 151 g/mol. The molecule has 0 saturated carbocycles. The Morgan fingerprint density at radius 1 is 1.73 bits per heavy atom. The predicted molar refractivity (Wildman–Crippen MR) is 44.8 cm³/mol. The van der Waals surface area contributed by atoms with E-state index in [2.05, 4.69) is 6.58 Å². The third-order valence-electron chi connectivity index (χ3n) is 1.36. The van der Waals surface area contributed by atoms with Crippen LogP contribution < -0.4 is 0 Å². The van der Waals surface area contributed by atoms with Gasteiger partial charge >= 0.3 is 0 Å². The highest BCUT2D eigenvalue weighted by Gasteiger charge is 2.00. The summed E-state index contributed by atoms with van der Waals surface area (Å²) in [7, 11) is 1.50. The molecule has 0 heterocycles. The van der Waals surface area contributed by atoms with Gasteiger partial charge in [0.1, 0.15) is 6.07 Å². The molecule has 2 heteroatoms. The van der Waals surface area contributed by atoms with Gasteiger partial charge in [-0.2, -0.15) is 5.26 Å². The minimum absolute atomic E-state index is 0.377. The first kappa shape index (κ1) is 9.77. The fraction of sp³-hybridized carbons (Fsp3) is 0.444. The van der Waals surface area contributed by atoms with Crippen LogP contribution in [-0.4, -0.2) is 7.11 Å². The van der Waals surface area contributed by atoms with Crippen molar-refractivity contribution in [2.75, 3.05) is 7.11 Å². The Bertz CT molecular complexity index is 198. The van der Waals surface area contributed by atoms with Crippen molar-refractivity contribution in [3.05, 3.63) is 24.0 Å². The summed E-state index contributed by atoms with van der Waals surface area (Å²) >= 11 is 0. The van der Waals surface area contributed by atoms with Crippen LogP contribution in [0.3, 0.4) is 0 Å². The van der Waals surface area contributed by atoms with Crippen LogP contribution in [0.1, 0.15) is 19.8 Å². The SMILES string of the molecule is C=C/C(CCC)=C(\C#N)OC. The highest BCUT2D eigenvalue weighted by Crippen LogP contribution is 2.11. The maximum atomic E-state index is 8.57. The molecule has 0 spiro atoms. The highest BCUT2D eigenvalue weighted by atomic mass is 16.5. The molecule has 0 aromatic heterocycles. The van der Waals surface area contributed by atoms with Gasteiger partial charge < -0.3 is 4.74 Å². The van der Waals surface area contributed by atoms with Gasteiger partial charge in [-0.3, -0.25) is 0 Å². The van der Waals surface area contributed by atoms with Gasteiger partial charge in [0.15, 0.2) is 5.76 Å². The molecule has 0 amide bonds. The molecule has 0 aliphatic heterocycles. The third kappa shape index (κ3) is 2.90. The maximum Gasteiger partial charge on any atom is 0.199 e. The van der Waals surface area contributed by atoms with Crippen molar-refractivity contribution in [3.8, 4) is 6.07 Å². The lowest BCUT2D eigenvalue weighted by molar-refractivity contribution is 0.305. The molecule has 11 heavy (non-hydrogen) atoms. The van der Waals surface area contributed by atoms with Crippen LogP contribution in [0.4, 0.5) is 0 Å². The van der Waals surface area contributed by atoms with E-state index in [0.717, 1.165) is 18.4 Å². The number of rotatable bonds is 4. The van der Waals surface area contributed by atoms with Crippen LogP contribution in [0.5, 0.6) is 0 Å². The lowest BCUT2D eigenvalue weighted by atomic mass is 10.1. The number of nitriles is 1. The van der Waals surface area contributed by atoms with Gasteiger partial charge in [0.2, 0.25) is 0 Å². The van der Waals surface area contributed by atoms with Crippen molar-refractivity contribution in [3.63, 3.8) is 0 Å². The summed E-state index contributed by atoms with van der Waals surface area (Å²) in [4.78, 5) is 0. The molecule has 0 atom stereocenters. The van der Waals surface area contributed by atoms with E-state index in [-0.39, 0.29) is 0 Å². The lowest BCUT2D eigenvalue weighted by Gasteiger charge is -2.01. The average Bonchev–Trinajstić information content (AvgIpc) is 2.05. The van der Waals surface area contributed by atoms with Crippen LogP contribution in [-0.2, 0) is 4.74 Å². The van der Waals surface area contributed by atoms with Gasteiger partial charge in [0.25, 0.3) is 0 Å². The van der Waals surface area contributed by atoms with E-state index < -0.39 is 0 Å². The fourth-order valence-corrected chi connectivity index (χ4v) is 0.826. The minimum Gasteiger partial charge on any atom is -0.487 e. The van der Waals surface area contributed by atoms with E-state index in [0.29, 0.717) is 5.76 Å². The largest absolute Gasteiger partial charge is 0.487 e. The first-order valence-corrected chi connectivity index (χ1v) is 3.59. The Balaban J connectivity index is 4.51. The molecule has 0 aromatic carbocycles. The van der Waals surface area contributed by atoms with Crippen molar-refractivity contribution in [2.45, 2.75) is 19.8 Å². The van der Waals surface area contributed by atoms with Gasteiger partial charge in [-0.05, 0) is 6.42 Å². The predicted octanol–water partition coefficient (Wildman–Crippen LogP) is 2.40. The second kappa shape index (κ2) is 5.55. The van der Waals surface area contributed by atoms with Crippen molar-refractivity contribution in [1.29, 1.82) is 5.26 Å². The maximum absolute atomic E-state index is 8.57. The van der Waals surface area contributed by atoms with Gasteiger partial charge in [-0.15, -0.1) is 0 Å². The molecule has 0 saturated heterocycles. The fourth-order valence-electron chi connectivity index (χ4n) is 0.826. The number of hydrogen-bond donors (Lipinski definition) is 0. The van der Waals surface area contributed by atoms with E-state index >= 15 is 0 Å². The Morgan fingerprint density at radius 2 is 2.36 bits per heavy atom. The first-order chi connectivity index (χ1) is 5.29. The van der Waals surface area contributed by atoms with Crippen LogP contribution >= 0.6 is 0 Å². The molecular formula is C9H13NO. The lowest BCUT2D eigenvalue weighted by Crippen LogP contribution is -1.89. The van der Waals surface area contributed by atoms with E-state index in [4.69, 9.17) is 10.00 Å². The molecule has 0 aromatic rings. The number of hydrogen-bond acceptors (Lipinski definition) is 2.